The molecule has 3 aliphatic heterocycles. The monoisotopic (exact) mass is 586 g/mol. The molecule has 0 bridgehead atoms. The molecule has 1 spiro atoms. The Kier molecular flexibility index (Phi) is 6.51. The van der Waals surface area contributed by atoms with Gasteiger partial charge in [-0.1, -0.05) is 78.9 Å². The number of carbonyl (C=O) groups is 3. The summed E-state index contributed by atoms with van der Waals surface area (Å²) in [5.74, 6) is -1.45. The van der Waals surface area contributed by atoms with Crippen molar-refractivity contribution in [2.24, 2.45) is 5.92 Å². The quantitative estimate of drug-likeness (QED) is 0.189. The summed E-state index contributed by atoms with van der Waals surface area (Å²) in [6, 6.07) is 27.3. The van der Waals surface area contributed by atoms with Crippen LogP contribution in [0, 0.1) is 5.92 Å². The number of benzene rings is 4. The topological polar surface area (TPSA) is 75.7 Å². The van der Waals surface area contributed by atoms with Crippen molar-refractivity contribution in [2.45, 2.75) is 17.5 Å². The number of fused-ring (bicyclic) bond motifs is 6. The third-order valence-electron chi connectivity index (χ3n) is 8.77. The van der Waals surface area contributed by atoms with Gasteiger partial charge in [-0.15, -0.1) is 0 Å². The molecule has 43 heavy (non-hydrogen) atoms. The van der Waals surface area contributed by atoms with Crippen molar-refractivity contribution in [3.8, 4) is 5.75 Å². The zero-order valence-electron chi connectivity index (χ0n) is 23.1. The number of hydrogen-bond acceptors (Lipinski definition) is 5. The van der Waals surface area contributed by atoms with E-state index in [0.29, 0.717) is 34.7 Å². The maximum Gasteiger partial charge on any atom is 0.238 e. The molecule has 0 unspecified atom stereocenters. The van der Waals surface area contributed by atoms with Crippen LogP contribution >= 0.6 is 11.6 Å². The van der Waals surface area contributed by atoms with Gasteiger partial charge in [-0.05, 0) is 65.2 Å². The Hall–Kier alpha value is -4.94. The highest BCUT2D eigenvalue weighted by Gasteiger charge is 2.70. The number of rotatable bonds is 7. The number of hydrogen-bond donors (Lipinski definition) is 1. The van der Waals surface area contributed by atoms with Gasteiger partial charge in [-0.25, -0.2) is 0 Å². The van der Waals surface area contributed by atoms with Gasteiger partial charge in [-0.2, -0.15) is 0 Å². The molecular weight excluding hydrogens is 560 g/mol. The molecule has 1 amide bonds. The van der Waals surface area contributed by atoms with E-state index in [1.54, 1.807) is 54.6 Å². The fourth-order valence-corrected chi connectivity index (χ4v) is 7.27. The Bertz CT molecular complexity index is 1830. The normalized spacial score (nSPS) is 22.9. The van der Waals surface area contributed by atoms with Gasteiger partial charge in [0.2, 0.25) is 5.91 Å². The van der Waals surface area contributed by atoms with E-state index in [1.807, 2.05) is 65.7 Å². The summed E-state index contributed by atoms with van der Waals surface area (Å²) in [5, 5.41) is 3.35. The van der Waals surface area contributed by atoms with Crippen LogP contribution in [0.5, 0.6) is 5.75 Å². The molecule has 4 atom stereocenters. The molecule has 7 rings (SSSR count). The average molecular weight is 587 g/mol. The van der Waals surface area contributed by atoms with Crippen molar-refractivity contribution in [3.05, 3.63) is 149 Å². The lowest BCUT2D eigenvalue weighted by Gasteiger charge is -2.38. The van der Waals surface area contributed by atoms with Crippen molar-refractivity contribution in [3.63, 3.8) is 0 Å². The van der Waals surface area contributed by atoms with Gasteiger partial charge in [-0.3, -0.25) is 14.4 Å². The summed E-state index contributed by atoms with van der Waals surface area (Å²) >= 11 is 6.58. The highest BCUT2D eigenvalue weighted by atomic mass is 35.5. The van der Waals surface area contributed by atoms with Crippen LogP contribution in [0.3, 0.4) is 0 Å². The SMILES string of the molecule is C=CCOc1ccc(C(=O)[C@@H]2[C@H](C(=O)c3ccccc3Cl)N3C=Cc4ccccc4[C@@H]3[C@@]23C(=O)Nc2ccccc23)cc1. The minimum Gasteiger partial charge on any atom is -0.490 e. The lowest BCUT2D eigenvalue weighted by molar-refractivity contribution is -0.122. The van der Waals surface area contributed by atoms with Crippen LogP contribution in [0.15, 0.2) is 116 Å². The number of para-hydroxylation sites is 1. The molecule has 3 heterocycles. The van der Waals surface area contributed by atoms with Crippen LogP contribution in [0.1, 0.15) is 43.4 Å². The lowest BCUT2D eigenvalue weighted by Crippen LogP contribution is -2.49. The largest absolute Gasteiger partial charge is 0.490 e. The Morgan fingerprint density at radius 3 is 2.44 bits per heavy atom. The van der Waals surface area contributed by atoms with Crippen LogP contribution in [0.4, 0.5) is 5.69 Å². The summed E-state index contributed by atoms with van der Waals surface area (Å²) in [6.07, 6.45) is 5.43. The first kappa shape index (κ1) is 26.9. The first-order chi connectivity index (χ1) is 21.0. The van der Waals surface area contributed by atoms with E-state index in [9.17, 15) is 14.4 Å². The van der Waals surface area contributed by atoms with Crippen molar-refractivity contribution in [1.82, 2.24) is 4.90 Å². The van der Waals surface area contributed by atoms with Crippen molar-refractivity contribution in [1.29, 1.82) is 0 Å². The molecule has 0 radical (unpaired) electrons. The summed E-state index contributed by atoms with van der Waals surface area (Å²) in [6.45, 7) is 4.01. The molecule has 212 valence electrons. The standard InChI is InChI=1S/C36H27ClN2O4/c1-2-21-43-24-17-15-23(16-18-24)32(40)30-31(33(41)26-11-5-7-13-28(26)37)39-20-19-22-9-3-4-10-25(22)34(39)36(30)27-12-6-8-14-29(27)38-35(36)42/h2-20,30-31,34H,1,21H2,(H,38,42)/t30-,31+,34+,36-/m0/s1. The van der Waals surface area contributed by atoms with Crippen LogP contribution in [-0.4, -0.2) is 35.0 Å². The fourth-order valence-electron chi connectivity index (χ4n) is 7.04. The molecule has 1 N–H and O–H groups in total. The summed E-state index contributed by atoms with van der Waals surface area (Å²) in [5.41, 5.74) is 2.40. The molecule has 4 aromatic carbocycles. The molecule has 1 fully saturated rings. The third kappa shape index (κ3) is 3.97. The van der Waals surface area contributed by atoms with Crippen LogP contribution in [-0.2, 0) is 10.2 Å². The van der Waals surface area contributed by atoms with E-state index in [4.69, 9.17) is 16.3 Å². The summed E-state index contributed by atoms with van der Waals surface area (Å²) in [4.78, 5) is 46.0. The lowest BCUT2D eigenvalue weighted by atomic mass is 9.62. The van der Waals surface area contributed by atoms with Crippen LogP contribution in [0.25, 0.3) is 6.08 Å². The molecule has 3 aliphatic rings. The van der Waals surface area contributed by atoms with Gasteiger partial charge < -0.3 is 15.0 Å². The van der Waals surface area contributed by atoms with Crippen molar-refractivity contribution >= 4 is 40.8 Å². The van der Waals surface area contributed by atoms with Gasteiger partial charge in [0, 0.05) is 23.0 Å². The van der Waals surface area contributed by atoms with E-state index < -0.39 is 23.4 Å². The first-order valence-corrected chi connectivity index (χ1v) is 14.5. The Balaban J connectivity index is 1.49. The number of ether oxygens (including phenoxy) is 1. The molecule has 0 saturated carbocycles. The van der Waals surface area contributed by atoms with E-state index in [1.165, 1.54) is 0 Å². The number of nitrogens with one attached hydrogen (secondary N) is 1. The molecule has 0 aliphatic carbocycles. The van der Waals surface area contributed by atoms with Gasteiger partial charge in [0.1, 0.15) is 23.8 Å². The number of amides is 1. The van der Waals surface area contributed by atoms with E-state index in [-0.39, 0.29) is 22.5 Å². The predicted octanol–water partition coefficient (Wildman–Crippen LogP) is 6.89. The fraction of sp³-hybridized carbons (Fsp3) is 0.139. The van der Waals surface area contributed by atoms with Gasteiger partial charge >= 0.3 is 0 Å². The van der Waals surface area contributed by atoms with E-state index in [0.717, 1.165) is 11.1 Å². The van der Waals surface area contributed by atoms with Crippen LogP contribution < -0.4 is 10.1 Å². The third-order valence-corrected chi connectivity index (χ3v) is 9.10. The van der Waals surface area contributed by atoms with E-state index >= 15 is 0 Å². The second-order valence-electron chi connectivity index (χ2n) is 10.9. The number of carbonyl (C=O) groups excluding carboxylic acids is 3. The van der Waals surface area contributed by atoms with E-state index in [2.05, 4.69) is 11.9 Å². The van der Waals surface area contributed by atoms with Crippen molar-refractivity contribution < 1.29 is 19.1 Å². The Morgan fingerprint density at radius 1 is 0.930 bits per heavy atom. The second-order valence-corrected chi connectivity index (χ2v) is 11.3. The van der Waals surface area contributed by atoms with Crippen LogP contribution in [0.2, 0.25) is 5.02 Å². The zero-order chi connectivity index (χ0) is 29.7. The molecule has 4 aromatic rings. The number of Topliss-reactive ketones (excluding diaryl/α,β-unsaturated/α-hetero) is 2. The minimum absolute atomic E-state index is 0.289. The highest BCUT2D eigenvalue weighted by Crippen LogP contribution is 2.62. The zero-order valence-corrected chi connectivity index (χ0v) is 23.8. The molecule has 1 saturated heterocycles. The number of halogens is 1. The molecule has 6 nitrogen and oxygen atoms in total. The van der Waals surface area contributed by atoms with Gasteiger partial charge in [0.05, 0.1) is 17.0 Å². The number of anilines is 1. The number of ketones is 2. The Morgan fingerprint density at radius 2 is 1.65 bits per heavy atom. The average Bonchev–Trinajstić information content (AvgIpc) is 3.52. The van der Waals surface area contributed by atoms with Gasteiger partial charge in [0.25, 0.3) is 0 Å². The maximum absolute atomic E-state index is 14.9. The molecule has 0 aromatic heterocycles. The first-order valence-electron chi connectivity index (χ1n) is 14.1. The number of nitrogens with zero attached hydrogens (tertiary/aromatic N) is 1. The van der Waals surface area contributed by atoms with Crippen molar-refractivity contribution in [2.75, 3.05) is 11.9 Å². The maximum atomic E-state index is 14.9. The smallest absolute Gasteiger partial charge is 0.238 e. The van der Waals surface area contributed by atoms with Gasteiger partial charge in [0.15, 0.2) is 11.6 Å². The second kappa shape index (κ2) is 10.4. The molecular formula is C36H27ClN2O4. The predicted molar refractivity (Wildman–Crippen MR) is 166 cm³/mol. The summed E-state index contributed by atoms with van der Waals surface area (Å²) in [7, 11) is 0. The Labute approximate surface area is 254 Å². The summed E-state index contributed by atoms with van der Waals surface area (Å²) < 4.78 is 5.64. The highest BCUT2D eigenvalue weighted by molar-refractivity contribution is 6.34. The molecule has 7 heteroatoms. The minimum atomic E-state index is -1.41.